The molecule has 1 aliphatic rings. The van der Waals surface area contributed by atoms with Crippen molar-refractivity contribution in [3.05, 3.63) is 0 Å². The third-order valence-corrected chi connectivity index (χ3v) is 1.95. The van der Waals surface area contributed by atoms with Crippen molar-refractivity contribution in [3.63, 3.8) is 0 Å². The SMILES string of the molecule is CCC(=O)OC(=O)C1CCCCO1. The van der Waals surface area contributed by atoms with Crippen LogP contribution in [0, 0.1) is 0 Å². The molecule has 0 amide bonds. The van der Waals surface area contributed by atoms with Gasteiger partial charge in [0.1, 0.15) is 0 Å². The Balaban J connectivity index is 2.33. The lowest BCUT2D eigenvalue weighted by Gasteiger charge is -2.19. The van der Waals surface area contributed by atoms with E-state index in [0.717, 1.165) is 12.8 Å². The molecule has 1 aliphatic heterocycles. The summed E-state index contributed by atoms with van der Waals surface area (Å²) >= 11 is 0. The van der Waals surface area contributed by atoms with E-state index in [4.69, 9.17) is 4.74 Å². The van der Waals surface area contributed by atoms with Crippen LogP contribution >= 0.6 is 0 Å². The lowest BCUT2D eigenvalue weighted by Crippen LogP contribution is -2.31. The molecule has 0 saturated carbocycles. The lowest BCUT2D eigenvalue weighted by molar-refractivity contribution is -0.169. The summed E-state index contributed by atoms with van der Waals surface area (Å²) in [5.41, 5.74) is 0. The molecule has 1 atom stereocenters. The van der Waals surface area contributed by atoms with Gasteiger partial charge in [-0.1, -0.05) is 6.92 Å². The van der Waals surface area contributed by atoms with Crippen LogP contribution in [-0.4, -0.2) is 24.6 Å². The average Bonchev–Trinajstić information content (AvgIpc) is 2.19. The van der Waals surface area contributed by atoms with Gasteiger partial charge in [0.25, 0.3) is 0 Å². The number of rotatable bonds is 2. The first-order valence-corrected chi connectivity index (χ1v) is 4.60. The molecule has 0 aromatic rings. The third kappa shape index (κ3) is 3.14. The largest absolute Gasteiger partial charge is 0.391 e. The van der Waals surface area contributed by atoms with Gasteiger partial charge in [0.2, 0.25) is 0 Å². The van der Waals surface area contributed by atoms with Gasteiger partial charge >= 0.3 is 11.9 Å². The highest BCUT2D eigenvalue weighted by molar-refractivity contribution is 5.87. The van der Waals surface area contributed by atoms with Gasteiger partial charge in [-0.25, -0.2) is 4.79 Å². The van der Waals surface area contributed by atoms with Crippen LogP contribution in [0.5, 0.6) is 0 Å². The molecule has 13 heavy (non-hydrogen) atoms. The molecule has 0 radical (unpaired) electrons. The summed E-state index contributed by atoms with van der Waals surface area (Å²) in [7, 11) is 0. The summed E-state index contributed by atoms with van der Waals surface area (Å²) in [6.45, 7) is 2.23. The Labute approximate surface area is 77.2 Å². The molecule has 0 aliphatic carbocycles. The number of ether oxygens (including phenoxy) is 2. The van der Waals surface area contributed by atoms with E-state index in [1.165, 1.54) is 0 Å². The second kappa shape index (κ2) is 4.97. The summed E-state index contributed by atoms with van der Waals surface area (Å²) in [5, 5.41) is 0. The van der Waals surface area contributed by atoms with Gasteiger partial charge in [-0.3, -0.25) is 4.79 Å². The number of esters is 2. The molecule has 0 aromatic carbocycles. The van der Waals surface area contributed by atoms with Crippen molar-refractivity contribution in [2.24, 2.45) is 0 Å². The lowest BCUT2D eigenvalue weighted by atomic mass is 10.1. The highest BCUT2D eigenvalue weighted by Crippen LogP contribution is 2.13. The molecule has 4 nitrogen and oxygen atoms in total. The summed E-state index contributed by atoms with van der Waals surface area (Å²) < 4.78 is 9.69. The number of hydrogen-bond acceptors (Lipinski definition) is 4. The van der Waals surface area contributed by atoms with Crippen LogP contribution in [0.4, 0.5) is 0 Å². The predicted octanol–water partition coefficient (Wildman–Crippen LogP) is 1.04. The molecule has 0 spiro atoms. The zero-order valence-corrected chi connectivity index (χ0v) is 7.75. The smallest absolute Gasteiger partial charge is 0.342 e. The maximum Gasteiger partial charge on any atom is 0.342 e. The normalized spacial score (nSPS) is 22.4. The van der Waals surface area contributed by atoms with Crippen molar-refractivity contribution in [1.29, 1.82) is 0 Å². The van der Waals surface area contributed by atoms with E-state index in [1.807, 2.05) is 0 Å². The van der Waals surface area contributed by atoms with E-state index in [2.05, 4.69) is 4.74 Å². The van der Waals surface area contributed by atoms with Gasteiger partial charge in [-0.05, 0) is 19.3 Å². The average molecular weight is 186 g/mol. The third-order valence-electron chi connectivity index (χ3n) is 1.95. The van der Waals surface area contributed by atoms with Crippen LogP contribution in [0.15, 0.2) is 0 Å². The molecule has 1 saturated heterocycles. The second-order valence-electron chi connectivity index (χ2n) is 3.00. The quantitative estimate of drug-likeness (QED) is 0.477. The Kier molecular flexibility index (Phi) is 3.89. The van der Waals surface area contributed by atoms with Crippen LogP contribution in [-0.2, 0) is 19.1 Å². The fraction of sp³-hybridized carbons (Fsp3) is 0.778. The van der Waals surface area contributed by atoms with Gasteiger partial charge in [0.05, 0.1) is 0 Å². The first-order valence-electron chi connectivity index (χ1n) is 4.60. The maximum absolute atomic E-state index is 11.2. The van der Waals surface area contributed by atoms with E-state index >= 15 is 0 Å². The number of hydrogen-bond donors (Lipinski definition) is 0. The number of carbonyl (C=O) groups excluding carboxylic acids is 2. The van der Waals surface area contributed by atoms with Gasteiger partial charge in [-0.15, -0.1) is 0 Å². The minimum Gasteiger partial charge on any atom is -0.391 e. The first kappa shape index (κ1) is 10.2. The minimum absolute atomic E-state index is 0.221. The molecule has 0 N–H and O–H groups in total. The van der Waals surface area contributed by atoms with Crippen LogP contribution in [0.3, 0.4) is 0 Å². The monoisotopic (exact) mass is 186 g/mol. The molecule has 1 fully saturated rings. The zero-order valence-electron chi connectivity index (χ0n) is 7.75. The summed E-state index contributed by atoms with van der Waals surface area (Å²) in [6, 6.07) is 0. The Morgan fingerprint density at radius 3 is 2.77 bits per heavy atom. The van der Waals surface area contributed by atoms with E-state index in [-0.39, 0.29) is 6.42 Å². The molecular weight excluding hydrogens is 172 g/mol. The Hall–Kier alpha value is -0.900. The Bertz CT molecular complexity index is 194. The Morgan fingerprint density at radius 2 is 2.23 bits per heavy atom. The molecule has 1 unspecified atom stereocenters. The van der Waals surface area contributed by atoms with Gasteiger partial charge in [0.15, 0.2) is 6.10 Å². The van der Waals surface area contributed by atoms with Crippen molar-refractivity contribution in [2.45, 2.75) is 38.7 Å². The fourth-order valence-electron chi connectivity index (χ4n) is 1.18. The standard InChI is InChI=1S/C9H14O4/c1-2-8(10)13-9(11)7-5-3-4-6-12-7/h7H,2-6H2,1H3. The Morgan fingerprint density at radius 1 is 1.46 bits per heavy atom. The van der Waals surface area contributed by atoms with E-state index < -0.39 is 18.0 Å². The van der Waals surface area contributed by atoms with Gasteiger partial charge in [0, 0.05) is 13.0 Å². The second-order valence-corrected chi connectivity index (χ2v) is 3.00. The highest BCUT2D eigenvalue weighted by Gasteiger charge is 2.24. The molecule has 4 heteroatoms. The molecular formula is C9H14O4. The van der Waals surface area contributed by atoms with Crippen molar-refractivity contribution in [3.8, 4) is 0 Å². The summed E-state index contributed by atoms with van der Waals surface area (Å²) in [5.74, 6) is -1.02. The van der Waals surface area contributed by atoms with Crippen molar-refractivity contribution >= 4 is 11.9 Å². The molecule has 0 bridgehead atoms. The molecule has 0 aromatic heterocycles. The topological polar surface area (TPSA) is 52.6 Å². The van der Waals surface area contributed by atoms with Gasteiger partial charge < -0.3 is 9.47 Å². The van der Waals surface area contributed by atoms with Crippen molar-refractivity contribution < 1.29 is 19.1 Å². The van der Waals surface area contributed by atoms with Crippen molar-refractivity contribution in [2.75, 3.05) is 6.61 Å². The first-order chi connectivity index (χ1) is 6.24. The number of carbonyl (C=O) groups is 2. The van der Waals surface area contributed by atoms with E-state index in [9.17, 15) is 9.59 Å². The highest BCUT2D eigenvalue weighted by atomic mass is 16.6. The molecule has 1 rings (SSSR count). The minimum atomic E-state index is -0.536. The van der Waals surface area contributed by atoms with Crippen LogP contribution in [0.1, 0.15) is 32.6 Å². The predicted molar refractivity (Wildman–Crippen MR) is 45.0 cm³/mol. The van der Waals surface area contributed by atoms with Crippen LogP contribution in [0.25, 0.3) is 0 Å². The van der Waals surface area contributed by atoms with E-state index in [1.54, 1.807) is 6.92 Å². The summed E-state index contributed by atoms with van der Waals surface area (Å²) in [4.78, 5) is 22.0. The van der Waals surface area contributed by atoms with Crippen LogP contribution < -0.4 is 0 Å². The van der Waals surface area contributed by atoms with Crippen LogP contribution in [0.2, 0.25) is 0 Å². The fourth-order valence-corrected chi connectivity index (χ4v) is 1.18. The van der Waals surface area contributed by atoms with E-state index in [0.29, 0.717) is 13.0 Å². The zero-order chi connectivity index (χ0) is 9.68. The van der Waals surface area contributed by atoms with Crippen molar-refractivity contribution in [1.82, 2.24) is 0 Å². The summed E-state index contributed by atoms with van der Waals surface area (Å²) in [6.07, 6.45) is 2.30. The maximum atomic E-state index is 11.2. The molecule has 1 heterocycles. The molecule has 74 valence electrons. The van der Waals surface area contributed by atoms with Gasteiger partial charge in [-0.2, -0.15) is 0 Å².